The summed E-state index contributed by atoms with van der Waals surface area (Å²) in [6, 6.07) is 0. The zero-order valence-electron chi connectivity index (χ0n) is 10.7. The van der Waals surface area contributed by atoms with Crippen LogP contribution in [0.15, 0.2) is 34.9 Å². The molecule has 0 unspecified atom stereocenters. The lowest BCUT2D eigenvalue weighted by Gasteiger charge is -1.98. The molecule has 0 spiro atoms. The second kappa shape index (κ2) is 7.91. The molecule has 0 aromatic carbocycles. The second-order valence-electron chi connectivity index (χ2n) is 4.30. The Morgan fingerprint density at radius 2 is 1.69 bits per heavy atom. The maximum Gasteiger partial charge on any atom is 0.330 e. The van der Waals surface area contributed by atoms with Crippen LogP contribution in [0.1, 0.15) is 47.0 Å². The Kier molecular flexibility index (Phi) is 7.27. The second-order valence-corrected chi connectivity index (χ2v) is 4.30. The van der Waals surface area contributed by atoms with Crippen LogP contribution in [0.4, 0.5) is 0 Å². The van der Waals surface area contributed by atoms with Crippen molar-refractivity contribution in [3.8, 4) is 0 Å². The van der Waals surface area contributed by atoms with Gasteiger partial charge in [0.2, 0.25) is 0 Å². The molecule has 0 fully saturated rings. The van der Waals surface area contributed by atoms with Gasteiger partial charge < -0.3 is 5.11 Å². The van der Waals surface area contributed by atoms with E-state index in [4.69, 9.17) is 5.11 Å². The molecular formula is C14H22O2. The quantitative estimate of drug-likeness (QED) is 0.542. The Labute approximate surface area is 98.4 Å². The smallest absolute Gasteiger partial charge is 0.330 e. The van der Waals surface area contributed by atoms with Gasteiger partial charge >= 0.3 is 5.97 Å². The van der Waals surface area contributed by atoms with Gasteiger partial charge in [0.15, 0.2) is 0 Å². The predicted molar refractivity (Wildman–Crippen MR) is 68.4 cm³/mol. The van der Waals surface area contributed by atoms with Crippen molar-refractivity contribution in [1.29, 1.82) is 0 Å². The van der Waals surface area contributed by atoms with E-state index in [-0.39, 0.29) is 0 Å². The number of aliphatic carboxylic acids is 1. The van der Waals surface area contributed by atoms with Crippen molar-refractivity contribution >= 4 is 5.97 Å². The van der Waals surface area contributed by atoms with Crippen molar-refractivity contribution in [1.82, 2.24) is 0 Å². The highest BCUT2D eigenvalue weighted by molar-refractivity contribution is 5.85. The summed E-state index contributed by atoms with van der Waals surface area (Å²) in [5.74, 6) is -0.837. The lowest BCUT2D eigenvalue weighted by Crippen LogP contribution is -1.95. The van der Waals surface area contributed by atoms with Crippen molar-refractivity contribution in [3.05, 3.63) is 34.9 Å². The van der Waals surface area contributed by atoms with Crippen LogP contribution in [-0.2, 0) is 4.79 Å². The van der Waals surface area contributed by atoms with Gasteiger partial charge in [0, 0.05) is 5.57 Å². The van der Waals surface area contributed by atoms with Gasteiger partial charge in [-0.2, -0.15) is 0 Å². The topological polar surface area (TPSA) is 37.3 Å². The van der Waals surface area contributed by atoms with Crippen LogP contribution in [0.25, 0.3) is 0 Å². The van der Waals surface area contributed by atoms with Crippen LogP contribution >= 0.6 is 0 Å². The standard InChI is InChI=1S/C14H22O2/c1-11(2)7-5-8-12(3)9-6-10-13(4)14(15)16/h7,9-10H,5-6,8H2,1-4H3,(H,15,16). The van der Waals surface area contributed by atoms with Crippen molar-refractivity contribution in [3.63, 3.8) is 0 Å². The van der Waals surface area contributed by atoms with Crippen molar-refractivity contribution in [2.24, 2.45) is 0 Å². The first-order valence-corrected chi connectivity index (χ1v) is 5.62. The molecular weight excluding hydrogens is 200 g/mol. The highest BCUT2D eigenvalue weighted by Gasteiger charge is 1.96. The summed E-state index contributed by atoms with van der Waals surface area (Å²) < 4.78 is 0. The molecule has 0 heterocycles. The maximum absolute atomic E-state index is 10.5. The molecule has 0 saturated carbocycles. The summed E-state index contributed by atoms with van der Waals surface area (Å²) in [6.45, 7) is 7.90. The fourth-order valence-corrected chi connectivity index (χ4v) is 1.21. The van der Waals surface area contributed by atoms with Gasteiger partial charge in [-0.1, -0.05) is 29.4 Å². The number of carboxylic acid groups (broad SMARTS) is 1. The number of carboxylic acids is 1. The van der Waals surface area contributed by atoms with Crippen LogP contribution in [0.3, 0.4) is 0 Å². The SMILES string of the molecule is CC(C)=CCCC(C)=CCC=C(C)C(=O)O. The lowest BCUT2D eigenvalue weighted by atomic mass is 10.1. The molecule has 2 nitrogen and oxygen atoms in total. The van der Waals surface area contributed by atoms with Gasteiger partial charge in [-0.05, 0) is 47.0 Å². The highest BCUT2D eigenvalue weighted by Crippen LogP contribution is 2.08. The molecule has 0 aliphatic carbocycles. The Hall–Kier alpha value is -1.31. The molecule has 0 saturated heterocycles. The summed E-state index contributed by atoms with van der Waals surface area (Å²) in [7, 11) is 0. The van der Waals surface area contributed by atoms with Crippen molar-refractivity contribution < 1.29 is 9.90 Å². The summed E-state index contributed by atoms with van der Waals surface area (Å²) in [5, 5.41) is 8.65. The Bertz CT molecular complexity index is 316. The molecule has 0 amide bonds. The summed E-state index contributed by atoms with van der Waals surface area (Å²) in [5.41, 5.74) is 3.06. The fraction of sp³-hybridized carbons (Fsp3) is 0.500. The third-order valence-electron chi connectivity index (χ3n) is 2.32. The van der Waals surface area contributed by atoms with Gasteiger partial charge in [0.05, 0.1) is 0 Å². The van der Waals surface area contributed by atoms with E-state index in [9.17, 15) is 4.79 Å². The third-order valence-corrected chi connectivity index (χ3v) is 2.32. The van der Waals surface area contributed by atoms with Gasteiger partial charge in [0.1, 0.15) is 0 Å². The Morgan fingerprint density at radius 1 is 1.06 bits per heavy atom. The largest absolute Gasteiger partial charge is 0.478 e. The number of rotatable bonds is 6. The third kappa shape index (κ3) is 8.04. The van der Waals surface area contributed by atoms with Crippen LogP contribution in [0.5, 0.6) is 0 Å². The number of hydrogen-bond donors (Lipinski definition) is 1. The molecule has 0 aromatic heterocycles. The Balaban J connectivity index is 4.01. The van der Waals surface area contributed by atoms with Crippen LogP contribution in [0, 0.1) is 0 Å². The maximum atomic E-state index is 10.5. The summed E-state index contributed by atoms with van der Waals surface area (Å²) in [6.07, 6.45) is 8.86. The molecule has 1 N–H and O–H groups in total. The van der Waals surface area contributed by atoms with Gasteiger partial charge in [-0.3, -0.25) is 0 Å². The van der Waals surface area contributed by atoms with Crippen LogP contribution in [0.2, 0.25) is 0 Å². The molecule has 0 aliphatic heterocycles. The minimum absolute atomic E-state index is 0.411. The average molecular weight is 222 g/mol. The predicted octanol–water partition coefficient (Wildman–Crippen LogP) is 4.10. The van der Waals surface area contributed by atoms with Gasteiger partial charge in [-0.25, -0.2) is 4.79 Å². The van der Waals surface area contributed by atoms with E-state index in [2.05, 4.69) is 32.9 Å². The zero-order valence-corrected chi connectivity index (χ0v) is 10.7. The van der Waals surface area contributed by atoms with Crippen LogP contribution < -0.4 is 0 Å². The van der Waals surface area contributed by atoms with E-state index in [1.165, 1.54) is 11.1 Å². The Morgan fingerprint density at radius 3 is 2.19 bits per heavy atom. The van der Waals surface area contributed by atoms with E-state index in [1.807, 2.05) is 0 Å². The number of carbonyl (C=O) groups is 1. The molecule has 16 heavy (non-hydrogen) atoms. The molecule has 0 aliphatic rings. The molecule has 0 rings (SSSR count). The van der Waals surface area contributed by atoms with Crippen LogP contribution in [-0.4, -0.2) is 11.1 Å². The van der Waals surface area contributed by atoms with E-state index in [0.29, 0.717) is 12.0 Å². The molecule has 0 aromatic rings. The minimum atomic E-state index is -0.837. The van der Waals surface area contributed by atoms with E-state index in [0.717, 1.165) is 12.8 Å². The number of hydrogen-bond acceptors (Lipinski definition) is 1. The van der Waals surface area contributed by atoms with Gasteiger partial charge in [-0.15, -0.1) is 0 Å². The molecule has 0 atom stereocenters. The number of allylic oxidation sites excluding steroid dienone is 5. The highest BCUT2D eigenvalue weighted by atomic mass is 16.4. The monoisotopic (exact) mass is 222 g/mol. The average Bonchev–Trinajstić information content (AvgIpc) is 2.16. The van der Waals surface area contributed by atoms with Gasteiger partial charge in [0.25, 0.3) is 0 Å². The molecule has 0 radical (unpaired) electrons. The van der Waals surface area contributed by atoms with Crippen molar-refractivity contribution in [2.75, 3.05) is 0 Å². The van der Waals surface area contributed by atoms with E-state index in [1.54, 1.807) is 13.0 Å². The van der Waals surface area contributed by atoms with E-state index < -0.39 is 5.97 Å². The van der Waals surface area contributed by atoms with Crippen molar-refractivity contribution in [2.45, 2.75) is 47.0 Å². The normalized spacial score (nSPS) is 12.5. The molecule has 90 valence electrons. The lowest BCUT2D eigenvalue weighted by molar-refractivity contribution is -0.132. The zero-order chi connectivity index (χ0) is 12.6. The first-order chi connectivity index (χ1) is 7.43. The summed E-state index contributed by atoms with van der Waals surface area (Å²) in [4.78, 5) is 10.5. The summed E-state index contributed by atoms with van der Waals surface area (Å²) >= 11 is 0. The first kappa shape index (κ1) is 14.7. The van der Waals surface area contributed by atoms with E-state index >= 15 is 0 Å². The molecule has 2 heteroatoms. The minimum Gasteiger partial charge on any atom is -0.478 e. The first-order valence-electron chi connectivity index (χ1n) is 5.62. The molecule has 0 bridgehead atoms. The fourth-order valence-electron chi connectivity index (χ4n) is 1.21.